The Balaban J connectivity index is 1.89. The number of carbonyl (C=O) groups excluding carboxylic acids is 1. The first-order valence-corrected chi connectivity index (χ1v) is 9.88. The maximum atomic E-state index is 13.1. The fourth-order valence-corrected chi connectivity index (χ4v) is 4.01. The van der Waals surface area contributed by atoms with Crippen molar-refractivity contribution in [1.29, 1.82) is 0 Å². The lowest BCUT2D eigenvalue weighted by Gasteiger charge is -2.38. The molecule has 1 heterocycles. The van der Waals surface area contributed by atoms with Crippen LogP contribution in [0.5, 0.6) is 23.0 Å². The van der Waals surface area contributed by atoms with E-state index in [0.29, 0.717) is 42.6 Å². The third kappa shape index (κ3) is 4.16. The second-order valence-electron chi connectivity index (χ2n) is 7.16. The van der Waals surface area contributed by atoms with Crippen LogP contribution in [0.2, 0.25) is 0 Å². The van der Waals surface area contributed by atoms with Gasteiger partial charge < -0.3 is 29.0 Å². The largest absolute Gasteiger partial charge is 0.496 e. The van der Waals surface area contributed by atoms with Crippen LogP contribution in [0.15, 0.2) is 36.4 Å². The van der Waals surface area contributed by atoms with E-state index in [1.165, 1.54) is 14.2 Å². The predicted octanol–water partition coefficient (Wildman–Crippen LogP) is 3.20. The van der Waals surface area contributed by atoms with E-state index in [4.69, 9.17) is 23.7 Å². The Morgan fingerprint density at radius 1 is 0.900 bits per heavy atom. The summed E-state index contributed by atoms with van der Waals surface area (Å²) < 4.78 is 27.4. The van der Waals surface area contributed by atoms with Crippen LogP contribution in [-0.4, -0.2) is 54.1 Å². The number of hydrogen-bond acceptors (Lipinski definition) is 6. The van der Waals surface area contributed by atoms with Gasteiger partial charge in [-0.3, -0.25) is 4.79 Å². The fourth-order valence-electron chi connectivity index (χ4n) is 4.01. The summed E-state index contributed by atoms with van der Waals surface area (Å²) in [6, 6.07) is 11.3. The van der Waals surface area contributed by atoms with Crippen LogP contribution >= 0.6 is 0 Å². The Hall–Kier alpha value is -2.93. The van der Waals surface area contributed by atoms with Gasteiger partial charge in [0.05, 0.1) is 34.0 Å². The zero-order chi connectivity index (χ0) is 21.6. The molecule has 2 aromatic rings. The predicted molar refractivity (Wildman–Crippen MR) is 113 cm³/mol. The number of amides is 1. The van der Waals surface area contributed by atoms with Crippen molar-refractivity contribution in [3.05, 3.63) is 47.5 Å². The molecule has 1 N–H and O–H groups in total. The molecular formula is C23H29NO6. The van der Waals surface area contributed by atoms with Crippen molar-refractivity contribution in [2.75, 3.05) is 48.2 Å². The monoisotopic (exact) mass is 415 g/mol. The van der Waals surface area contributed by atoms with E-state index < -0.39 is 0 Å². The molecule has 0 spiro atoms. The summed E-state index contributed by atoms with van der Waals surface area (Å²) in [5.74, 6) is 1.80. The highest BCUT2D eigenvalue weighted by molar-refractivity contribution is 5.98. The van der Waals surface area contributed by atoms with Crippen LogP contribution in [0.3, 0.4) is 0 Å². The molecule has 0 bridgehead atoms. The lowest BCUT2D eigenvalue weighted by atomic mass is 9.73. The van der Waals surface area contributed by atoms with Crippen LogP contribution in [0.25, 0.3) is 0 Å². The first-order chi connectivity index (χ1) is 14.6. The van der Waals surface area contributed by atoms with Crippen LogP contribution in [0.1, 0.15) is 28.8 Å². The Kier molecular flexibility index (Phi) is 7.05. The SMILES string of the molecule is COc1ccccc1C1(CNC(=O)c2ccc(OC)c(OC)c2OC)CCOCC1. The summed E-state index contributed by atoms with van der Waals surface area (Å²) >= 11 is 0. The summed E-state index contributed by atoms with van der Waals surface area (Å²) in [7, 11) is 6.22. The van der Waals surface area contributed by atoms with Gasteiger partial charge in [-0.15, -0.1) is 0 Å². The highest BCUT2D eigenvalue weighted by Gasteiger charge is 2.37. The van der Waals surface area contributed by atoms with Gasteiger partial charge in [0, 0.05) is 30.7 Å². The normalized spacial score (nSPS) is 15.2. The molecule has 3 rings (SSSR count). The smallest absolute Gasteiger partial charge is 0.255 e. The second-order valence-corrected chi connectivity index (χ2v) is 7.16. The van der Waals surface area contributed by atoms with E-state index in [0.717, 1.165) is 24.2 Å². The zero-order valence-electron chi connectivity index (χ0n) is 17.9. The molecule has 30 heavy (non-hydrogen) atoms. The molecule has 1 aliphatic heterocycles. The standard InChI is InChI=1S/C23H29NO6/c1-26-18-8-6-5-7-17(18)23(11-13-30-14-12-23)15-24-22(25)16-9-10-19(27-2)21(29-4)20(16)28-3/h5-10H,11-15H2,1-4H3,(H,24,25). The third-order valence-corrected chi connectivity index (χ3v) is 5.66. The number of carbonyl (C=O) groups is 1. The van der Waals surface area contributed by atoms with Crippen LogP contribution < -0.4 is 24.3 Å². The summed E-state index contributed by atoms with van der Waals surface area (Å²) in [4.78, 5) is 13.1. The molecule has 0 saturated carbocycles. The van der Waals surface area contributed by atoms with Gasteiger partial charge in [0.1, 0.15) is 5.75 Å². The quantitative estimate of drug-likeness (QED) is 0.714. The molecule has 162 valence electrons. The topological polar surface area (TPSA) is 75.3 Å². The van der Waals surface area contributed by atoms with Crippen molar-refractivity contribution >= 4 is 5.91 Å². The van der Waals surface area contributed by atoms with Crippen LogP contribution in [0.4, 0.5) is 0 Å². The van der Waals surface area contributed by atoms with Crippen molar-refractivity contribution in [2.45, 2.75) is 18.3 Å². The van der Waals surface area contributed by atoms with Crippen molar-refractivity contribution in [2.24, 2.45) is 0 Å². The molecule has 1 amide bonds. The zero-order valence-corrected chi connectivity index (χ0v) is 17.9. The molecule has 1 saturated heterocycles. The van der Waals surface area contributed by atoms with Crippen LogP contribution in [0, 0.1) is 0 Å². The van der Waals surface area contributed by atoms with Gasteiger partial charge >= 0.3 is 0 Å². The highest BCUT2D eigenvalue weighted by Crippen LogP contribution is 2.41. The minimum absolute atomic E-state index is 0.242. The molecule has 7 nitrogen and oxygen atoms in total. The number of para-hydroxylation sites is 1. The molecule has 0 aliphatic carbocycles. The third-order valence-electron chi connectivity index (χ3n) is 5.66. The van der Waals surface area contributed by atoms with Gasteiger partial charge in [-0.05, 0) is 31.0 Å². The lowest BCUT2D eigenvalue weighted by Crippen LogP contribution is -2.44. The van der Waals surface area contributed by atoms with Crippen molar-refractivity contribution in [1.82, 2.24) is 5.32 Å². The van der Waals surface area contributed by atoms with Gasteiger partial charge in [0.2, 0.25) is 5.75 Å². The number of rotatable bonds is 8. The summed E-state index contributed by atoms with van der Waals surface area (Å²) in [5, 5.41) is 3.10. The molecule has 1 fully saturated rings. The van der Waals surface area contributed by atoms with Gasteiger partial charge in [-0.2, -0.15) is 0 Å². The Morgan fingerprint density at radius 2 is 1.57 bits per heavy atom. The summed E-state index contributed by atoms with van der Waals surface area (Å²) in [6.45, 7) is 1.72. The Morgan fingerprint density at radius 3 is 2.20 bits per heavy atom. The maximum Gasteiger partial charge on any atom is 0.255 e. The molecule has 0 radical (unpaired) electrons. The van der Waals surface area contributed by atoms with Crippen LogP contribution in [-0.2, 0) is 10.2 Å². The molecular weight excluding hydrogens is 386 g/mol. The first-order valence-electron chi connectivity index (χ1n) is 9.88. The van der Waals surface area contributed by atoms with Crippen molar-refractivity contribution in [3.8, 4) is 23.0 Å². The van der Waals surface area contributed by atoms with E-state index >= 15 is 0 Å². The van der Waals surface area contributed by atoms with E-state index in [1.54, 1.807) is 26.4 Å². The van der Waals surface area contributed by atoms with E-state index in [1.807, 2.05) is 18.2 Å². The number of hydrogen-bond donors (Lipinski definition) is 1. The van der Waals surface area contributed by atoms with E-state index in [-0.39, 0.29) is 11.3 Å². The summed E-state index contributed by atoms with van der Waals surface area (Å²) in [6.07, 6.45) is 1.58. The molecule has 2 aromatic carbocycles. The molecule has 7 heteroatoms. The Labute approximate surface area is 177 Å². The number of methoxy groups -OCH3 is 4. The average molecular weight is 415 g/mol. The molecule has 1 aliphatic rings. The lowest BCUT2D eigenvalue weighted by molar-refractivity contribution is 0.0478. The Bertz CT molecular complexity index is 876. The molecule has 0 atom stereocenters. The first kappa shape index (κ1) is 21.8. The molecule has 0 aromatic heterocycles. The maximum absolute atomic E-state index is 13.1. The number of ether oxygens (including phenoxy) is 5. The fraction of sp³-hybridized carbons (Fsp3) is 0.435. The minimum Gasteiger partial charge on any atom is -0.496 e. The van der Waals surface area contributed by atoms with E-state index in [9.17, 15) is 4.79 Å². The highest BCUT2D eigenvalue weighted by atomic mass is 16.5. The minimum atomic E-state index is -0.274. The second kappa shape index (κ2) is 9.71. The van der Waals surface area contributed by atoms with Crippen molar-refractivity contribution < 1.29 is 28.5 Å². The number of nitrogens with one attached hydrogen (secondary N) is 1. The van der Waals surface area contributed by atoms with E-state index in [2.05, 4.69) is 11.4 Å². The summed E-state index contributed by atoms with van der Waals surface area (Å²) in [5.41, 5.74) is 1.19. The number of benzene rings is 2. The average Bonchev–Trinajstić information content (AvgIpc) is 2.81. The van der Waals surface area contributed by atoms with Gasteiger partial charge in [-0.1, -0.05) is 18.2 Å². The van der Waals surface area contributed by atoms with Gasteiger partial charge in [0.25, 0.3) is 5.91 Å². The van der Waals surface area contributed by atoms with Gasteiger partial charge in [0.15, 0.2) is 11.5 Å². The van der Waals surface area contributed by atoms with Crippen molar-refractivity contribution in [3.63, 3.8) is 0 Å². The van der Waals surface area contributed by atoms with Gasteiger partial charge in [-0.25, -0.2) is 0 Å². The molecule has 0 unspecified atom stereocenters.